The Morgan fingerprint density at radius 2 is 2.12 bits per heavy atom. The van der Waals surface area contributed by atoms with Crippen LogP contribution in [0.5, 0.6) is 0 Å². The summed E-state index contributed by atoms with van der Waals surface area (Å²) in [6.45, 7) is 2.10. The molecule has 0 radical (unpaired) electrons. The number of hydrogen-bond donors (Lipinski definition) is 1. The summed E-state index contributed by atoms with van der Waals surface area (Å²) in [7, 11) is -1.97. The molecule has 1 saturated carbocycles. The van der Waals surface area contributed by atoms with Crippen LogP contribution < -0.4 is 4.72 Å². The topological polar surface area (TPSA) is 76.9 Å². The van der Waals surface area contributed by atoms with E-state index in [2.05, 4.69) is 37.9 Å². The minimum absolute atomic E-state index is 0.0433. The van der Waals surface area contributed by atoms with Gasteiger partial charge < -0.3 is 0 Å². The Kier molecular flexibility index (Phi) is 3.06. The lowest BCUT2D eigenvalue weighted by Crippen LogP contribution is -2.43. The number of sulfonamides is 1. The van der Waals surface area contributed by atoms with Crippen LogP contribution in [0, 0.1) is 5.92 Å². The molecular weight excluding hydrogens is 296 g/mol. The first-order valence-corrected chi connectivity index (χ1v) is 7.25. The molecule has 1 aliphatic carbocycles. The summed E-state index contributed by atoms with van der Waals surface area (Å²) in [6.07, 6.45) is 1.78. The Morgan fingerprint density at radius 3 is 2.56 bits per heavy atom. The Balaban J connectivity index is 2.19. The molecule has 1 heterocycles. The molecule has 8 heteroatoms. The molecule has 1 aromatic heterocycles. The van der Waals surface area contributed by atoms with Crippen LogP contribution in [0.2, 0.25) is 0 Å². The van der Waals surface area contributed by atoms with E-state index in [1.54, 1.807) is 7.05 Å². The molecule has 0 atom stereocenters. The Bertz CT molecular complexity index is 473. The summed E-state index contributed by atoms with van der Waals surface area (Å²) in [4.78, 5) is 0. The van der Waals surface area contributed by atoms with Crippen LogP contribution in [-0.2, 0) is 17.1 Å². The number of aromatic nitrogens is 3. The average Bonchev–Trinajstić information content (AvgIpc) is 2.43. The highest BCUT2D eigenvalue weighted by molar-refractivity contribution is 9.10. The van der Waals surface area contributed by atoms with E-state index in [9.17, 15) is 8.42 Å². The molecule has 2 rings (SSSR count). The summed E-state index contributed by atoms with van der Waals surface area (Å²) in [5.41, 5.74) is 0. The molecule has 0 aromatic carbocycles. The van der Waals surface area contributed by atoms with Gasteiger partial charge >= 0.3 is 0 Å². The maximum Gasteiger partial charge on any atom is 0.260 e. The lowest BCUT2D eigenvalue weighted by atomic mass is 9.83. The van der Waals surface area contributed by atoms with Crippen LogP contribution in [0.1, 0.15) is 19.8 Å². The van der Waals surface area contributed by atoms with E-state index in [4.69, 9.17) is 0 Å². The van der Waals surface area contributed by atoms with Crippen molar-refractivity contribution in [1.82, 2.24) is 19.7 Å². The molecule has 1 aromatic rings. The zero-order valence-corrected chi connectivity index (χ0v) is 11.4. The van der Waals surface area contributed by atoms with E-state index in [1.807, 2.05) is 0 Å². The second-order valence-corrected chi connectivity index (χ2v) is 6.58. The maximum atomic E-state index is 12.0. The quantitative estimate of drug-likeness (QED) is 0.889. The maximum absolute atomic E-state index is 12.0. The molecular formula is C8H13BrN4O2S. The Morgan fingerprint density at radius 1 is 1.50 bits per heavy atom. The fourth-order valence-electron chi connectivity index (χ4n) is 1.88. The number of rotatable bonds is 3. The first-order chi connectivity index (χ1) is 7.40. The van der Waals surface area contributed by atoms with Gasteiger partial charge in [0.25, 0.3) is 10.0 Å². The number of aryl methyl sites for hydroxylation is 1. The van der Waals surface area contributed by atoms with Gasteiger partial charge in [0.1, 0.15) is 0 Å². The van der Waals surface area contributed by atoms with Gasteiger partial charge in [0.2, 0.25) is 5.03 Å². The summed E-state index contributed by atoms with van der Waals surface area (Å²) >= 11 is 3.08. The predicted octanol–water partition coefficient (Wildman–Crippen LogP) is 0.654. The third kappa shape index (κ3) is 2.14. The van der Waals surface area contributed by atoms with Crippen LogP contribution in [0.15, 0.2) is 9.63 Å². The number of nitrogens with one attached hydrogen (secondary N) is 1. The van der Waals surface area contributed by atoms with Gasteiger partial charge in [0.05, 0.1) is 0 Å². The first-order valence-electron chi connectivity index (χ1n) is 4.97. The van der Waals surface area contributed by atoms with Crippen LogP contribution in [0.4, 0.5) is 0 Å². The van der Waals surface area contributed by atoms with Crippen LogP contribution in [-0.4, -0.2) is 29.5 Å². The fourth-order valence-corrected chi connectivity index (χ4v) is 4.24. The second-order valence-electron chi connectivity index (χ2n) is 4.20. The standard InChI is InChI=1S/C8H13BrN4O2S/c1-5-3-6(4-5)11-16(14,15)8-7(9)10-12-13(8)2/h5-6,11H,3-4H2,1-2H3. The zero-order chi connectivity index (χ0) is 11.9. The predicted molar refractivity (Wildman–Crippen MR) is 61.2 cm³/mol. The molecule has 1 N–H and O–H groups in total. The summed E-state index contributed by atoms with van der Waals surface area (Å²) in [5.74, 6) is 0.598. The first kappa shape index (κ1) is 12.0. The van der Waals surface area contributed by atoms with Crippen molar-refractivity contribution >= 4 is 26.0 Å². The summed E-state index contributed by atoms with van der Waals surface area (Å²) in [6, 6.07) is 0.0433. The SMILES string of the molecule is CC1CC(NS(=O)(=O)c2c(Br)nnn2C)C1. The molecule has 1 aliphatic rings. The van der Waals surface area contributed by atoms with Crippen molar-refractivity contribution in [2.45, 2.75) is 30.8 Å². The molecule has 0 unspecified atom stereocenters. The van der Waals surface area contributed by atoms with Gasteiger partial charge in [-0.3, -0.25) is 0 Å². The van der Waals surface area contributed by atoms with Crippen molar-refractivity contribution in [1.29, 1.82) is 0 Å². The largest absolute Gasteiger partial charge is 0.260 e. The Labute approximate surface area is 103 Å². The van der Waals surface area contributed by atoms with Gasteiger partial charge in [-0.1, -0.05) is 12.1 Å². The monoisotopic (exact) mass is 308 g/mol. The highest BCUT2D eigenvalue weighted by Crippen LogP contribution is 2.28. The van der Waals surface area contributed by atoms with Gasteiger partial charge in [-0.2, -0.15) is 0 Å². The lowest BCUT2D eigenvalue weighted by Gasteiger charge is -2.32. The van der Waals surface area contributed by atoms with Gasteiger partial charge in [-0.05, 0) is 34.7 Å². The van der Waals surface area contributed by atoms with Crippen molar-refractivity contribution in [3.8, 4) is 0 Å². The van der Waals surface area contributed by atoms with Crippen LogP contribution in [0.25, 0.3) is 0 Å². The number of hydrogen-bond acceptors (Lipinski definition) is 4. The van der Waals surface area contributed by atoms with E-state index in [0.29, 0.717) is 5.92 Å². The molecule has 0 amide bonds. The number of nitrogens with zero attached hydrogens (tertiary/aromatic N) is 3. The molecule has 0 saturated heterocycles. The molecule has 0 aliphatic heterocycles. The van der Waals surface area contributed by atoms with E-state index < -0.39 is 10.0 Å². The van der Waals surface area contributed by atoms with Crippen molar-refractivity contribution in [3.63, 3.8) is 0 Å². The molecule has 90 valence electrons. The normalized spacial score (nSPS) is 25.4. The second kappa shape index (κ2) is 4.08. The molecule has 16 heavy (non-hydrogen) atoms. The van der Waals surface area contributed by atoms with Gasteiger partial charge in [-0.15, -0.1) is 5.10 Å². The third-order valence-electron chi connectivity index (χ3n) is 2.69. The van der Waals surface area contributed by atoms with E-state index in [0.717, 1.165) is 12.8 Å². The molecule has 0 spiro atoms. The average molecular weight is 309 g/mol. The minimum atomic E-state index is -3.52. The van der Waals surface area contributed by atoms with Gasteiger partial charge in [-0.25, -0.2) is 17.8 Å². The highest BCUT2D eigenvalue weighted by atomic mass is 79.9. The molecule has 1 fully saturated rings. The van der Waals surface area contributed by atoms with Crippen molar-refractivity contribution in [2.75, 3.05) is 0 Å². The Hall–Kier alpha value is -0.470. The molecule has 6 nitrogen and oxygen atoms in total. The van der Waals surface area contributed by atoms with Crippen molar-refractivity contribution in [3.05, 3.63) is 4.60 Å². The van der Waals surface area contributed by atoms with Crippen molar-refractivity contribution < 1.29 is 8.42 Å². The summed E-state index contributed by atoms with van der Waals surface area (Å²) in [5, 5.41) is 7.38. The smallest absolute Gasteiger partial charge is 0.235 e. The van der Waals surface area contributed by atoms with Crippen LogP contribution >= 0.6 is 15.9 Å². The zero-order valence-electron chi connectivity index (χ0n) is 9.01. The number of halogens is 1. The van der Waals surface area contributed by atoms with Crippen LogP contribution in [0.3, 0.4) is 0 Å². The highest BCUT2D eigenvalue weighted by Gasteiger charge is 2.32. The van der Waals surface area contributed by atoms with Gasteiger partial charge in [0, 0.05) is 13.1 Å². The van der Waals surface area contributed by atoms with Gasteiger partial charge in [0.15, 0.2) is 4.60 Å². The minimum Gasteiger partial charge on any atom is -0.235 e. The van der Waals surface area contributed by atoms with E-state index in [-0.39, 0.29) is 15.7 Å². The third-order valence-corrected chi connectivity index (χ3v) is 5.09. The molecule has 0 bridgehead atoms. The van der Waals surface area contributed by atoms with E-state index >= 15 is 0 Å². The van der Waals surface area contributed by atoms with E-state index in [1.165, 1.54) is 4.68 Å². The lowest BCUT2D eigenvalue weighted by molar-refractivity contribution is 0.270. The van der Waals surface area contributed by atoms with Crippen molar-refractivity contribution in [2.24, 2.45) is 13.0 Å². The summed E-state index contributed by atoms with van der Waals surface area (Å²) < 4.78 is 28.1. The fraction of sp³-hybridized carbons (Fsp3) is 0.750.